The van der Waals surface area contributed by atoms with Crippen LogP contribution in [0.4, 0.5) is 0 Å². The molecule has 0 radical (unpaired) electrons. The molecule has 0 amide bonds. The second kappa shape index (κ2) is 7.01. The third kappa shape index (κ3) is 3.90. The number of piperazine rings is 1. The van der Waals surface area contributed by atoms with Crippen LogP contribution in [0.2, 0.25) is 0 Å². The fourth-order valence-electron chi connectivity index (χ4n) is 2.37. The Kier molecular flexibility index (Phi) is 5.98. The Hall–Kier alpha value is -0.720. The molecule has 0 aromatic carbocycles. The first-order chi connectivity index (χ1) is 8.47. The van der Waals surface area contributed by atoms with Crippen molar-refractivity contribution < 1.29 is 9.90 Å². The van der Waals surface area contributed by atoms with Crippen LogP contribution in [0.5, 0.6) is 0 Å². The second-order valence-corrected chi connectivity index (χ2v) is 5.26. The van der Waals surface area contributed by atoms with Crippen LogP contribution in [0.3, 0.4) is 0 Å². The highest BCUT2D eigenvalue weighted by Gasteiger charge is 2.28. The first kappa shape index (κ1) is 15.3. The van der Waals surface area contributed by atoms with Crippen molar-refractivity contribution in [2.75, 3.05) is 26.2 Å². The Morgan fingerprint density at radius 1 is 1.33 bits per heavy atom. The Balaban J connectivity index is 2.51. The van der Waals surface area contributed by atoms with Gasteiger partial charge in [-0.3, -0.25) is 14.6 Å². The predicted octanol–water partition coefficient (Wildman–Crippen LogP) is 0.532. The molecule has 0 aromatic rings. The molecule has 2 unspecified atom stereocenters. The van der Waals surface area contributed by atoms with Crippen LogP contribution >= 0.6 is 12.2 Å². The Labute approximate surface area is 114 Å². The summed E-state index contributed by atoms with van der Waals surface area (Å²) in [5.74, 6) is -0.761. The maximum absolute atomic E-state index is 10.9. The molecular weight excluding hydrogens is 250 g/mol. The Morgan fingerprint density at radius 3 is 2.22 bits per heavy atom. The van der Waals surface area contributed by atoms with E-state index in [4.69, 9.17) is 23.1 Å². The molecule has 3 N–H and O–H groups in total. The van der Waals surface area contributed by atoms with Gasteiger partial charge >= 0.3 is 5.97 Å². The molecule has 104 valence electrons. The van der Waals surface area contributed by atoms with E-state index in [0.29, 0.717) is 4.99 Å². The van der Waals surface area contributed by atoms with Gasteiger partial charge in [-0.2, -0.15) is 0 Å². The van der Waals surface area contributed by atoms with Crippen molar-refractivity contribution >= 4 is 23.2 Å². The van der Waals surface area contributed by atoms with Crippen molar-refractivity contribution in [1.82, 2.24) is 9.80 Å². The van der Waals surface area contributed by atoms with Gasteiger partial charge in [-0.1, -0.05) is 25.6 Å². The number of hydrogen-bond donors (Lipinski definition) is 2. The van der Waals surface area contributed by atoms with Gasteiger partial charge in [0.05, 0.1) is 11.0 Å². The van der Waals surface area contributed by atoms with Gasteiger partial charge in [0, 0.05) is 26.2 Å². The van der Waals surface area contributed by atoms with Crippen LogP contribution in [-0.4, -0.2) is 64.1 Å². The molecule has 0 saturated carbocycles. The van der Waals surface area contributed by atoms with Gasteiger partial charge in [0.25, 0.3) is 0 Å². The van der Waals surface area contributed by atoms with E-state index < -0.39 is 12.0 Å². The van der Waals surface area contributed by atoms with E-state index in [-0.39, 0.29) is 6.04 Å². The number of nitrogens with zero attached hydrogens (tertiary/aromatic N) is 2. The SMILES string of the molecule is CCCC(C(N)=S)N1CCN(C(C)C(=O)O)CC1. The summed E-state index contributed by atoms with van der Waals surface area (Å²) in [5.41, 5.74) is 5.78. The fraction of sp³-hybridized carbons (Fsp3) is 0.833. The summed E-state index contributed by atoms with van der Waals surface area (Å²) in [6, 6.07) is -0.256. The Morgan fingerprint density at radius 2 is 1.83 bits per heavy atom. The summed E-state index contributed by atoms with van der Waals surface area (Å²) >= 11 is 5.11. The molecule has 0 aliphatic carbocycles. The normalized spacial score (nSPS) is 21.4. The van der Waals surface area contributed by atoms with Crippen LogP contribution in [-0.2, 0) is 4.79 Å². The zero-order valence-corrected chi connectivity index (χ0v) is 11.9. The van der Waals surface area contributed by atoms with E-state index in [0.717, 1.165) is 39.0 Å². The molecule has 0 bridgehead atoms. The number of thiocarbonyl (C=S) groups is 1. The van der Waals surface area contributed by atoms with Gasteiger partial charge in [0.1, 0.15) is 6.04 Å². The standard InChI is InChI=1S/C12H23N3O2S/c1-3-4-10(11(13)18)15-7-5-14(6-8-15)9(2)12(16)17/h9-10H,3-8H2,1-2H3,(H2,13,18)(H,16,17). The minimum atomic E-state index is -0.761. The van der Waals surface area contributed by atoms with Crippen molar-refractivity contribution in [2.45, 2.75) is 38.8 Å². The van der Waals surface area contributed by atoms with Crippen LogP contribution < -0.4 is 5.73 Å². The summed E-state index contributed by atoms with van der Waals surface area (Å²) in [6.45, 7) is 7.04. The zero-order valence-electron chi connectivity index (χ0n) is 11.1. The molecule has 0 spiro atoms. The third-order valence-corrected chi connectivity index (χ3v) is 3.86. The molecule has 2 atom stereocenters. The van der Waals surface area contributed by atoms with Gasteiger partial charge in [0.15, 0.2) is 0 Å². The summed E-state index contributed by atoms with van der Waals surface area (Å²) < 4.78 is 0. The lowest BCUT2D eigenvalue weighted by Crippen LogP contribution is -2.56. The van der Waals surface area contributed by atoms with Crippen LogP contribution in [0.15, 0.2) is 0 Å². The maximum Gasteiger partial charge on any atom is 0.320 e. The molecular formula is C12H23N3O2S. The van der Waals surface area contributed by atoms with E-state index in [9.17, 15) is 4.79 Å². The van der Waals surface area contributed by atoms with Gasteiger partial charge in [-0.05, 0) is 13.3 Å². The smallest absolute Gasteiger partial charge is 0.320 e. The van der Waals surface area contributed by atoms with Crippen molar-refractivity contribution in [2.24, 2.45) is 5.73 Å². The first-order valence-electron chi connectivity index (χ1n) is 6.47. The van der Waals surface area contributed by atoms with Gasteiger partial charge < -0.3 is 10.8 Å². The molecule has 1 heterocycles. The zero-order chi connectivity index (χ0) is 13.7. The van der Waals surface area contributed by atoms with Crippen LogP contribution in [0.25, 0.3) is 0 Å². The van der Waals surface area contributed by atoms with Gasteiger partial charge in [-0.15, -0.1) is 0 Å². The summed E-state index contributed by atoms with van der Waals surface area (Å²) in [4.78, 5) is 15.7. The number of nitrogens with two attached hydrogens (primary N) is 1. The number of carboxylic acid groups (broad SMARTS) is 1. The van der Waals surface area contributed by atoms with Crippen molar-refractivity contribution in [3.05, 3.63) is 0 Å². The predicted molar refractivity (Wildman–Crippen MR) is 75.7 cm³/mol. The van der Waals surface area contributed by atoms with Gasteiger partial charge in [-0.25, -0.2) is 0 Å². The van der Waals surface area contributed by atoms with E-state index >= 15 is 0 Å². The minimum absolute atomic E-state index is 0.160. The number of carbonyl (C=O) groups is 1. The molecule has 6 heteroatoms. The molecule has 1 rings (SSSR count). The number of rotatable bonds is 6. The molecule has 18 heavy (non-hydrogen) atoms. The molecule has 0 aromatic heterocycles. The number of hydrogen-bond acceptors (Lipinski definition) is 4. The van der Waals surface area contributed by atoms with E-state index in [1.807, 2.05) is 4.90 Å². The van der Waals surface area contributed by atoms with E-state index in [1.54, 1.807) is 6.92 Å². The largest absolute Gasteiger partial charge is 0.480 e. The van der Waals surface area contributed by atoms with E-state index in [1.165, 1.54) is 0 Å². The second-order valence-electron chi connectivity index (χ2n) is 4.79. The fourth-order valence-corrected chi connectivity index (χ4v) is 2.64. The lowest BCUT2D eigenvalue weighted by Gasteiger charge is -2.40. The van der Waals surface area contributed by atoms with Crippen LogP contribution in [0.1, 0.15) is 26.7 Å². The summed E-state index contributed by atoms with van der Waals surface area (Å²) in [5, 5.41) is 8.99. The molecule has 1 aliphatic heterocycles. The Bertz CT molecular complexity index is 304. The molecule has 1 aliphatic rings. The summed E-state index contributed by atoms with van der Waals surface area (Å²) in [7, 11) is 0. The molecule has 1 fully saturated rings. The first-order valence-corrected chi connectivity index (χ1v) is 6.88. The quantitative estimate of drug-likeness (QED) is 0.688. The lowest BCUT2D eigenvalue weighted by molar-refractivity contribution is -0.143. The van der Waals surface area contributed by atoms with Crippen molar-refractivity contribution in [3.8, 4) is 0 Å². The highest BCUT2D eigenvalue weighted by molar-refractivity contribution is 7.80. The monoisotopic (exact) mass is 273 g/mol. The van der Waals surface area contributed by atoms with Crippen LogP contribution in [0, 0.1) is 0 Å². The highest BCUT2D eigenvalue weighted by atomic mass is 32.1. The topological polar surface area (TPSA) is 69.8 Å². The molecule has 5 nitrogen and oxygen atoms in total. The van der Waals surface area contributed by atoms with Gasteiger partial charge in [0.2, 0.25) is 0 Å². The highest BCUT2D eigenvalue weighted by Crippen LogP contribution is 2.13. The average Bonchev–Trinajstić information content (AvgIpc) is 2.35. The summed E-state index contributed by atoms with van der Waals surface area (Å²) in [6.07, 6.45) is 2.03. The third-order valence-electron chi connectivity index (χ3n) is 3.59. The molecule has 1 saturated heterocycles. The average molecular weight is 273 g/mol. The minimum Gasteiger partial charge on any atom is -0.480 e. The van der Waals surface area contributed by atoms with E-state index in [2.05, 4.69) is 11.8 Å². The van der Waals surface area contributed by atoms with Crippen molar-refractivity contribution in [3.63, 3.8) is 0 Å². The number of aliphatic carboxylic acids is 1. The maximum atomic E-state index is 10.9. The lowest BCUT2D eigenvalue weighted by atomic mass is 10.1. The van der Waals surface area contributed by atoms with Crippen molar-refractivity contribution in [1.29, 1.82) is 0 Å². The number of carboxylic acids is 1.